The van der Waals surface area contributed by atoms with Gasteiger partial charge in [-0.25, -0.2) is 4.98 Å². The number of nitro benzene ring substituents is 1. The first-order valence-corrected chi connectivity index (χ1v) is 7.89. The Hall–Kier alpha value is -2.47. The molecule has 0 N–H and O–H groups in total. The first-order chi connectivity index (χ1) is 11.1. The van der Waals surface area contributed by atoms with Crippen LogP contribution in [0.4, 0.5) is 5.69 Å². The second-order valence-corrected chi connectivity index (χ2v) is 6.11. The van der Waals surface area contributed by atoms with E-state index in [4.69, 9.17) is 0 Å². The molecule has 2 aromatic carbocycles. The summed E-state index contributed by atoms with van der Waals surface area (Å²) in [5, 5.41) is 10.7. The number of hydrogen-bond donors (Lipinski definition) is 0. The third kappa shape index (κ3) is 3.84. The highest BCUT2D eigenvalue weighted by Gasteiger charge is 2.08. The fourth-order valence-corrected chi connectivity index (χ4v) is 2.62. The molecule has 0 spiro atoms. The summed E-state index contributed by atoms with van der Waals surface area (Å²) in [6, 6.07) is 14.8. The molecule has 23 heavy (non-hydrogen) atoms. The van der Waals surface area contributed by atoms with Crippen molar-refractivity contribution in [3.05, 3.63) is 92.5 Å². The summed E-state index contributed by atoms with van der Waals surface area (Å²) >= 11 is 3.43. The van der Waals surface area contributed by atoms with Crippen molar-refractivity contribution in [1.82, 2.24) is 9.55 Å². The first-order valence-electron chi connectivity index (χ1n) is 7.09. The fourth-order valence-electron chi connectivity index (χ4n) is 2.36. The van der Waals surface area contributed by atoms with Crippen LogP contribution in [0.5, 0.6) is 0 Å². The zero-order valence-electron chi connectivity index (χ0n) is 12.2. The molecular weight excluding hydrogens is 358 g/mol. The number of non-ortho nitro benzene ring substituents is 1. The highest BCUT2D eigenvalue weighted by atomic mass is 79.9. The average Bonchev–Trinajstić information content (AvgIpc) is 2.97. The van der Waals surface area contributed by atoms with Gasteiger partial charge >= 0.3 is 0 Å². The zero-order chi connectivity index (χ0) is 16.2. The van der Waals surface area contributed by atoms with Gasteiger partial charge in [-0.3, -0.25) is 10.1 Å². The number of rotatable bonds is 5. The zero-order valence-corrected chi connectivity index (χ0v) is 13.8. The quantitative estimate of drug-likeness (QED) is 0.498. The van der Waals surface area contributed by atoms with Crippen molar-refractivity contribution >= 4 is 21.6 Å². The number of halogens is 1. The summed E-state index contributed by atoms with van der Waals surface area (Å²) < 4.78 is 3.14. The molecule has 0 bridgehead atoms. The van der Waals surface area contributed by atoms with Crippen molar-refractivity contribution in [3.63, 3.8) is 0 Å². The van der Waals surface area contributed by atoms with E-state index in [1.807, 2.05) is 18.3 Å². The van der Waals surface area contributed by atoms with Gasteiger partial charge in [-0.05, 0) is 23.3 Å². The Morgan fingerprint density at radius 3 is 2.35 bits per heavy atom. The lowest BCUT2D eigenvalue weighted by molar-refractivity contribution is -0.384. The van der Waals surface area contributed by atoms with Gasteiger partial charge in [0.05, 0.1) is 4.92 Å². The van der Waals surface area contributed by atoms with E-state index in [2.05, 4.69) is 37.6 Å². The summed E-state index contributed by atoms with van der Waals surface area (Å²) in [6.07, 6.45) is 4.36. The molecule has 1 heterocycles. The minimum absolute atomic E-state index is 0.104. The van der Waals surface area contributed by atoms with Crippen molar-refractivity contribution in [2.45, 2.75) is 13.0 Å². The van der Waals surface area contributed by atoms with Crippen molar-refractivity contribution in [1.29, 1.82) is 0 Å². The molecule has 1 aromatic heterocycles. The van der Waals surface area contributed by atoms with Crippen LogP contribution in [0.2, 0.25) is 0 Å². The average molecular weight is 372 g/mol. The number of nitrogens with zero attached hydrogens (tertiary/aromatic N) is 3. The Morgan fingerprint density at radius 1 is 1.04 bits per heavy atom. The summed E-state index contributed by atoms with van der Waals surface area (Å²) in [7, 11) is 0. The van der Waals surface area contributed by atoms with Gasteiger partial charge < -0.3 is 4.57 Å². The molecule has 0 amide bonds. The molecule has 6 heteroatoms. The summed E-state index contributed by atoms with van der Waals surface area (Å²) in [6.45, 7) is 0.746. The van der Waals surface area contributed by atoms with E-state index >= 15 is 0 Å². The predicted molar refractivity (Wildman–Crippen MR) is 91.4 cm³/mol. The molecule has 0 unspecified atom stereocenters. The number of nitro groups is 1. The minimum atomic E-state index is -0.391. The van der Waals surface area contributed by atoms with Crippen LogP contribution in [-0.2, 0) is 13.0 Å². The van der Waals surface area contributed by atoms with Crippen LogP contribution in [0, 0.1) is 10.1 Å². The molecule has 0 aliphatic rings. The van der Waals surface area contributed by atoms with Crippen LogP contribution in [0.25, 0.3) is 0 Å². The van der Waals surface area contributed by atoms with E-state index < -0.39 is 4.92 Å². The Balaban J connectivity index is 1.75. The van der Waals surface area contributed by atoms with Crippen molar-refractivity contribution in [3.8, 4) is 0 Å². The first kappa shape index (κ1) is 15.4. The highest BCUT2D eigenvalue weighted by Crippen LogP contribution is 2.16. The molecule has 0 aliphatic heterocycles. The maximum Gasteiger partial charge on any atom is 0.269 e. The van der Waals surface area contributed by atoms with Gasteiger partial charge in [0.15, 0.2) is 0 Å². The smallest absolute Gasteiger partial charge is 0.269 e. The molecule has 0 aliphatic carbocycles. The molecule has 0 atom stereocenters. The van der Waals surface area contributed by atoms with E-state index in [9.17, 15) is 10.1 Å². The topological polar surface area (TPSA) is 61.0 Å². The maximum atomic E-state index is 10.7. The van der Waals surface area contributed by atoms with Gasteiger partial charge in [0.2, 0.25) is 0 Å². The van der Waals surface area contributed by atoms with Crippen molar-refractivity contribution in [2.24, 2.45) is 0 Å². The van der Waals surface area contributed by atoms with Gasteiger partial charge in [0, 0.05) is 42.0 Å². The van der Waals surface area contributed by atoms with Crippen LogP contribution in [-0.4, -0.2) is 14.5 Å². The number of imidazole rings is 1. The van der Waals surface area contributed by atoms with Crippen LogP contribution in [0.3, 0.4) is 0 Å². The molecule has 3 rings (SSSR count). The third-order valence-electron chi connectivity index (χ3n) is 3.58. The lowest BCUT2D eigenvalue weighted by Gasteiger charge is -2.08. The van der Waals surface area contributed by atoms with Gasteiger partial charge in [0.1, 0.15) is 5.82 Å². The van der Waals surface area contributed by atoms with E-state index in [0.717, 1.165) is 22.4 Å². The summed E-state index contributed by atoms with van der Waals surface area (Å²) in [5.41, 5.74) is 2.29. The second kappa shape index (κ2) is 6.75. The number of benzene rings is 2. The van der Waals surface area contributed by atoms with E-state index in [-0.39, 0.29) is 5.69 Å². The predicted octanol–water partition coefficient (Wildman–Crippen LogP) is 4.19. The van der Waals surface area contributed by atoms with Gasteiger partial charge in [0.25, 0.3) is 5.69 Å². The molecule has 3 aromatic rings. The summed E-state index contributed by atoms with van der Waals surface area (Å²) in [5.74, 6) is 0.932. The Kier molecular flexibility index (Phi) is 4.52. The molecule has 116 valence electrons. The van der Waals surface area contributed by atoms with Crippen LogP contribution >= 0.6 is 15.9 Å². The van der Waals surface area contributed by atoms with Crippen LogP contribution in [0.1, 0.15) is 17.0 Å². The van der Waals surface area contributed by atoms with Crippen molar-refractivity contribution in [2.75, 3.05) is 0 Å². The SMILES string of the molecule is O=[N+]([O-])c1ccc(Cc2nccn2Cc2ccc(Br)cc2)cc1. The van der Waals surface area contributed by atoms with E-state index in [1.54, 1.807) is 18.3 Å². The van der Waals surface area contributed by atoms with Crippen LogP contribution in [0.15, 0.2) is 65.4 Å². The number of aromatic nitrogens is 2. The summed E-state index contributed by atoms with van der Waals surface area (Å²) in [4.78, 5) is 14.7. The highest BCUT2D eigenvalue weighted by molar-refractivity contribution is 9.10. The lowest BCUT2D eigenvalue weighted by atomic mass is 10.1. The molecule has 0 saturated carbocycles. The van der Waals surface area contributed by atoms with Gasteiger partial charge in [-0.2, -0.15) is 0 Å². The minimum Gasteiger partial charge on any atom is -0.330 e. The monoisotopic (exact) mass is 371 g/mol. The molecule has 0 radical (unpaired) electrons. The van der Waals surface area contributed by atoms with E-state index in [0.29, 0.717) is 6.42 Å². The largest absolute Gasteiger partial charge is 0.330 e. The third-order valence-corrected chi connectivity index (χ3v) is 4.11. The number of hydrogen-bond acceptors (Lipinski definition) is 3. The maximum absolute atomic E-state index is 10.7. The van der Waals surface area contributed by atoms with Gasteiger partial charge in [-0.1, -0.05) is 40.2 Å². The molecular formula is C17H14BrN3O2. The fraction of sp³-hybridized carbons (Fsp3) is 0.118. The Morgan fingerprint density at radius 2 is 1.70 bits per heavy atom. The van der Waals surface area contributed by atoms with E-state index in [1.165, 1.54) is 17.7 Å². The molecule has 0 fully saturated rings. The normalized spacial score (nSPS) is 10.7. The Bertz CT molecular complexity index is 811. The molecule has 0 saturated heterocycles. The Labute approximate surface area is 141 Å². The van der Waals surface area contributed by atoms with Crippen molar-refractivity contribution < 1.29 is 4.92 Å². The van der Waals surface area contributed by atoms with Crippen LogP contribution < -0.4 is 0 Å². The standard InChI is InChI=1S/C17H14BrN3O2/c18-15-5-1-14(2-6-15)12-20-10-9-19-17(20)11-13-3-7-16(8-4-13)21(22)23/h1-10H,11-12H2. The lowest BCUT2D eigenvalue weighted by Crippen LogP contribution is -2.05. The molecule has 5 nitrogen and oxygen atoms in total. The van der Waals surface area contributed by atoms with Gasteiger partial charge in [-0.15, -0.1) is 0 Å². The second-order valence-electron chi connectivity index (χ2n) is 5.20.